The summed E-state index contributed by atoms with van der Waals surface area (Å²) in [6, 6.07) is 3.39. The molecular weight excluding hydrogens is 218 g/mol. The molecule has 1 aromatic rings. The maximum Gasteiger partial charge on any atom is 0.231 e. The number of benzene rings is 1. The Balaban J connectivity index is 2.53. The predicted octanol–water partition coefficient (Wildman–Crippen LogP) is 1.92. The first-order chi connectivity index (χ1) is 8.02. The van der Waals surface area contributed by atoms with Gasteiger partial charge >= 0.3 is 0 Å². The smallest absolute Gasteiger partial charge is 0.231 e. The monoisotopic (exact) mass is 237 g/mol. The summed E-state index contributed by atoms with van der Waals surface area (Å²) < 4.78 is 10.8. The van der Waals surface area contributed by atoms with Gasteiger partial charge in [-0.15, -0.1) is 0 Å². The Hall–Kier alpha value is -1.26. The van der Waals surface area contributed by atoms with E-state index in [0.29, 0.717) is 0 Å². The molecule has 0 saturated heterocycles. The van der Waals surface area contributed by atoms with Gasteiger partial charge in [-0.2, -0.15) is 0 Å². The SMILES string of the molecule is CC(C)c1c(C(O)C(C)N)ccc2c1OCO2. The molecule has 0 bridgehead atoms. The molecule has 2 unspecified atom stereocenters. The molecule has 0 amide bonds. The fraction of sp³-hybridized carbons (Fsp3) is 0.538. The molecule has 1 aromatic carbocycles. The van der Waals surface area contributed by atoms with Crippen LogP contribution in [0.4, 0.5) is 0 Å². The average Bonchev–Trinajstić information content (AvgIpc) is 2.73. The van der Waals surface area contributed by atoms with Gasteiger partial charge < -0.3 is 20.3 Å². The lowest BCUT2D eigenvalue weighted by Crippen LogP contribution is -2.25. The normalized spacial score (nSPS) is 17.3. The van der Waals surface area contributed by atoms with Gasteiger partial charge in [0.1, 0.15) is 0 Å². The van der Waals surface area contributed by atoms with Gasteiger partial charge in [0.25, 0.3) is 0 Å². The topological polar surface area (TPSA) is 64.7 Å². The maximum atomic E-state index is 10.1. The molecule has 4 heteroatoms. The van der Waals surface area contributed by atoms with E-state index in [2.05, 4.69) is 13.8 Å². The molecule has 94 valence electrons. The second kappa shape index (κ2) is 4.55. The highest BCUT2D eigenvalue weighted by atomic mass is 16.7. The quantitative estimate of drug-likeness (QED) is 0.843. The molecule has 1 aliphatic heterocycles. The Morgan fingerprint density at radius 3 is 2.53 bits per heavy atom. The van der Waals surface area contributed by atoms with Crippen molar-refractivity contribution in [2.45, 2.75) is 38.8 Å². The summed E-state index contributed by atoms with van der Waals surface area (Å²) in [6.45, 7) is 6.16. The van der Waals surface area contributed by atoms with Crippen LogP contribution in [-0.2, 0) is 0 Å². The molecule has 3 N–H and O–H groups in total. The first-order valence-corrected chi connectivity index (χ1v) is 5.88. The van der Waals surface area contributed by atoms with E-state index in [-0.39, 0.29) is 18.8 Å². The summed E-state index contributed by atoms with van der Waals surface area (Å²) in [6.07, 6.45) is -0.679. The molecule has 0 aliphatic carbocycles. The van der Waals surface area contributed by atoms with Gasteiger partial charge in [0.2, 0.25) is 6.79 Å². The zero-order valence-corrected chi connectivity index (χ0v) is 10.4. The number of aliphatic hydroxyl groups excluding tert-OH is 1. The maximum absolute atomic E-state index is 10.1. The Bertz CT molecular complexity index is 415. The van der Waals surface area contributed by atoms with Crippen LogP contribution in [0, 0.1) is 0 Å². The van der Waals surface area contributed by atoms with Gasteiger partial charge in [0.05, 0.1) is 6.10 Å². The second-order valence-electron chi connectivity index (χ2n) is 4.76. The van der Waals surface area contributed by atoms with Gasteiger partial charge in [0.15, 0.2) is 11.5 Å². The average molecular weight is 237 g/mol. The van der Waals surface area contributed by atoms with E-state index in [1.807, 2.05) is 12.1 Å². The van der Waals surface area contributed by atoms with Crippen LogP contribution < -0.4 is 15.2 Å². The molecule has 4 nitrogen and oxygen atoms in total. The Morgan fingerprint density at radius 2 is 1.94 bits per heavy atom. The zero-order chi connectivity index (χ0) is 12.6. The van der Waals surface area contributed by atoms with Crippen molar-refractivity contribution in [1.29, 1.82) is 0 Å². The van der Waals surface area contributed by atoms with Crippen LogP contribution in [0.15, 0.2) is 12.1 Å². The summed E-state index contributed by atoms with van der Waals surface area (Å²) in [7, 11) is 0. The lowest BCUT2D eigenvalue weighted by atomic mass is 9.90. The fourth-order valence-corrected chi connectivity index (χ4v) is 2.15. The van der Waals surface area contributed by atoms with E-state index in [4.69, 9.17) is 15.2 Å². The number of ether oxygens (including phenoxy) is 2. The van der Waals surface area contributed by atoms with Gasteiger partial charge in [-0.25, -0.2) is 0 Å². The predicted molar refractivity (Wildman–Crippen MR) is 65.3 cm³/mol. The van der Waals surface area contributed by atoms with Crippen molar-refractivity contribution in [3.63, 3.8) is 0 Å². The van der Waals surface area contributed by atoms with Crippen LogP contribution >= 0.6 is 0 Å². The number of fused-ring (bicyclic) bond motifs is 1. The van der Waals surface area contributed by atoms with Crippen LogP contribution in [0.5, 0.6) is 11.5 Å². The van der Waals surface area contributed by atoms with Crippen LogP contribution in [0.2, 0.25) is 0 Å². The largest absolute Gasteiger partial charge is 0.454 e. The van der Waals surface area contributed by atoms with E-state index in [0.717, 1.165) is 22.6 Å². The van der Waals surface area contributed by atoms with E-state index in [1.165, 1.54) is 0 Å². The standard InChI is InChI=1S/C13H19NO3/c1-7(2)11-9(12(15)8(3)14)4-5-10-13(11)17-6-16-10/h4-5,7-8,12,15H,6,14H2,1-3H3. The van der Waals surface area contributed by atoms with Gasteiger partial charge in [-0.1, -0.05) is 19.9 Å². The first kappa shape index (κ1) is 12.2. The Morgan fingerprint density at radius 1 is 1.24 bits per heavy atom. The molecule has 0 radical (unpaired) electrons. The van der Waals surface area contributed by atoms with Crippen molar-refractivity contribution < 1.29 is 14.6 Å². The molecule has 1 aliphatic rings. The highest BCUT2D eigenvalue weighted by Crippen LogP contribution is 2.43. The zero-order valence-electron chi connectivity index (χ0n) is 10.4. The third-order valence-electron chi connectivity index (χ3n) is 3.01. The summed E-state index contributed by atoms with van der Waals surface area (Å²) in [5.74, 6) is 1.74. The molecular formula is C13H19NO3. The summed E-state index contributed by atoms with van der Waals surface area (Å²) in [5, 5.41) is 10.1. The van der Waals surface area contributed by atoms with Crippen LogP contribution in [0.1, 0.15) is 43.9 Å². The van der Waals surface area contributed by atoms with Crippen molar-refractivity contribution in [3.8, 4) is 11.5 Å². The number of rotatable bonds is 3. The molecule has 0 fully saturated rings. The molecule has 2 atom stereocenters. The third-order valence-corrected chi connectivity index (χ3v) is 3.01. The summed E-state index contributed by atoms with van der Waals surface area (Å²) in [4.78, 5) is 0. The van der Waals surface area contributed by atoms with E-state index in [1.54, 1.807) is 6.92 Å². The molecule has 0 spiro atoms. The Kier molecular flexibility index (Phi) is 3.26. The lowest BCUT2D eigenvalue weighted by Gasteiger charge is -2.21. The number of hydrogen-bond donors (Lipinski definition) is 2. The van der Waals surface area contributed by atoms with Crippen molar-refractivity contribution in [3.05, 3.63) is 23.3 Å². The minimum absolute atomic E-state index is 0.243. The summed E-state index contributed by atoms with van der Waals surface area (Å²) >= 11 is 0. The molecule has 0 saturated carbocycles. The van der Waals surface area contributed by atoms with Crippen molar-refractivity contribution in [2.75, 3.05) is 6.79 Å². The lowest BCUT2D eigenvalue weighted by molar-refractivity contribution is 0.151. The number of aliphatic hydroxyl groups is 1. The van der Waals surface area contributed by atoms with Gasteiger partial charge in [0, 0.05) is 11.6 Å². The van der Waals surface area contributed by atoms with E-state index < -0.39 is 6.10 Å². The van der Waals surface area contributed by atoms with Gasteiger partial charge in [-0.05, 0) is 24.5 Å². The minimum atomic E-state index is -0.679. The van der Waals surface area contributed by atoms with Crippen LogP contribution in [0.25, 0.3) is 0 Å². The van der Waals surface area contributed by atoms with E-state index in [9.17, 15) is 5.11 Å². The summed E-state index contributed by atoms with van der Waals surface area (Å²) in [5.41, 5.74) is 7.58. The third kappa shape index (κ3) is 2.10. The fourth-order valence-electron chi connectivity index (χ4n) is 2.15. The highest BCUT2D eigenvalue weighted by Gasteiger charge is 2.26. The van der Waals surface area contributed by atoms with Gasteiger partial charge in [-0.3, -0.25) is 0 Å². The first-order valence-electron chi connectivity index (χ1n) is 5.88. The molecule has 2 rings (SSSR count). The van der Waals surface area contributed by atoms with Crippen molar-refractivity contribution in [2.24, 2.45) is 5.73 Å². The molecule has 0 aromatic heterocycles. The molecule has 17 heavy (non-hydrogen) atoms. The number of hydrogen-bond acceptors (Lipinski definition) is 4. The van der Waals surface area contributed by atoms with Crippen LogP contribution in [0.3, 0.4) is 0 Å². The molecule has 1 heterocycles. The van der Waals surface area contributed by atoms with Crippen molar-refractivity contribution >= 4 is 0 Å². The highest BCUT2D eigenvalue weighted by molar-refractivity contribution is 5.54. The number of nitrogens with two attached hydrogens (primary N) is 1. The van der Waals surface area contributed by atoms with Crippen LogP contribution in [-0.4, -0.2) is 17.9 Å². The second-order valence-corrected chi connectivity index (χ2v) is 4.76. The minimum Gasteiger partial charge on any atom is -0.454 e. The van der Waals surface area contributed by atoms with E-state index >= 15 is 0 Å². The Labute approximate surface area is 101 Å². The van der Waals surface area contributed by atoms with Crippen molar-refractivity contribution in [1.82, 2.24) is 0 Å².